The highest BCUT2D eigenvalue weighted by atomic mass is 16.2. The lowest BCUT2D eigenvalue weighted by Gasteiger charge is -2.55. The number of carbonyl (C=O) groups is 1. The summed E-state index contributed by atoms with van der Waals surface area (Å²) in [6, 6.07) is 8.87. The standard InChI is InChI=1S/C31H43N3O/c1-22-8-10-26(11-9-22)34-28(32-30-19-23-16-24(20-30)18-25(17-23)21-30)27(33-14-6-3-7-15-33)31(29(34)35)12-4-2-5-13-31/h8-11,23-25,27H,2-7,12-21H2,1H3/t23?,24?,25?,27-,30?/m0/s1. The third-order valence-electron chi connectivity index (χ3n) is 10.8. The van der Waals surface area contributed by atoms with E-state index in [-0.39, 0.29) is 17.0 Å². The van der Waals surface area contributed by atoms with Crippen LogP contribution in [0.3, 0.4) is 0 Å². The molecule has 1 atom stereocenters. The molecule has 4 bridgehead atoms. The van der Waals surface area contributed by atoms with Crippen LogP contribution in [-0.2, 0) is 4.79 Å². The molecule has 1 aromatic rings. The van der Waals surface area contributed by atoms with Gasteiger partial charge in [0.05, 0.1) is 22.7 Å². The summed E-state index contributed by atoms with van der Waals surface area (Å²) >= 11 is 0. The van der Waals surface area contributed by atoms with Crippen molar-refractivity contribution < 1.29 is 4.79 Å². The van der Waals surface area contributed by atoms with Crippen LogP contribution in [0.5, 0.6) is 0 Å². The summed E-state index contributed by atoms with van der Waals surface area (Å²) < 4.78 is 0. The Balaban J connectivity index is 1.38. The average molecular weight is 474 g/mol. The first-order valence-electron chi connectivity index (χ1n) is 14.8. The van der Waals surface area contributed by atoms with Gasteiger partial charge in [0.25, 0.3) is 0 Å². The van der Waals surface area contributed by atoms with Gasteiger partial charge in [-0.2, -0.15) is 0 Å². The van der Waals surface area contributed by atoms with Crippen LogP contribution >= 0.6 is 0 Å². The van der Waals surface area contributed by atoms with E-state index in [1.165, 1.54) is 82.6 Å². The van der Waals surface area contributed by atoms with Crippen molar-refractivity contribution in [2.75, 3.05) is 18.0 Å². The molecule has 8 rings (SSSR count). The molecular weight excluding hydrogens is 430 g/mol. The van der Waals surface area contributed by atoms with Gasteiger partial charge in [-0.15, -0.1) is 0 Å². The maximum absolute atomic E-state index is 14.6. The SMILES string of the molecule is Cc1ccc(N2C(=O)C3(CCCCC3)[C@@H](N3CCCCC3)C2=NC23CC4CC(CC(C4)C2)C3)cc1. The summed E-state index contributed by atoms with van der Waals surface area (Å²) in [5, 5.41) is 0. The van der Waals surface area contributed by atoms with Crippen molar-refractivity contribution >= 4 is 17.4 Å². The van der Waals surface area contributed by atoms with Crippen LogP contribution in [0.1, 0.15) is 95.5 Å². The Kier molecular flexibility index (Phi) is 5.42. The summed E-state index contributed by atoms with van der Waals surface area (Å²) in [6.45, 7) is 4.39. The van der Waals surface area contributed by atoms with Crippen molar-refractivity contribution in [3.8, 4) is 0 Å². The van der Waals surface area contributed by atoms with Crippen LogP contribution in [0, 0.1) is 30.1 Å². The van der Waals surface area contributed by atoms with E-state index in [0.717, 1.165) is 55.2 Å². The van der Waals surface area contributed by atoms with Crippen LogP contribution in [0.25, 0.3) is 0 Å². The van der Waals surface area contributed by atoms with E-state index >= 15 is 0 Å². The van der Waals surface area contributed by atoms with Crippen LogP contribution in [0.15, 0.2) is 29.3 Å². The van der Waals surface area contributed by atoms with Gasteiger partial charge in [-0.05, 0) is 114 Å². The molecule has 4 heteroatoms. The third-order valence-corrected chi connectivity index (χ3v) is 10.8. The van der Waals surface area contributed by atoms with Crippen LogP contribution in [-0.4, -0.2) is 41.3 Å². The first-order chi connectivity index (χ1) is 17.1. The first kappa shape index (κ1) is 22.5. The molecule has 4 nitrogen and oxygen atoms in total. The number of hydrogen-bond acceptors (Lipinski definition) is 3. The Bertz CT molecular complexity index is 963. The van der Waals surface area contributed by atoms with Gasteiger partial charge >= 0.3 is 0 Å². The summed E-state index contributed by atoms with van der Waals surface area (Å²) in [4.78, 5) is 25.4. The molecule has 1 aromatic carbocycles. The van der Waals surface area contributed by atoms with Crippen molar-refractivity contribution in [2.45, 2.75) is 108 Å². The number of benzene rings is 1. The lowest BCUT2D eigenvalue weighted by atomic mass is 9.53. The molecule has 0 aromatic heterocycles. The van der Waals surface area contributed by atoms with Gasteiger partial charge in [-0.3, -0.25) is 19.6 Å². The van der Waals surface area contributed by atoms with Crippen LogP contribution in [0.2, 0.25) is 0 Å². The predicted octanol–water partition coefficient (Wildman–Crippen LogP) is 6.51. The van der Waals surface area contributed by atoms with Gasteiger partial charge in [-0.25, -0.2) is 0 Å². The Hall–Kier alpha value is -1.68. The monoisotopic (exact) mass is 473 g/mol. The molecule has 0 unspecified atom stereocenters. The van der Waals surface area contributed by atoms with Crippen molar-refractivity contribution in [1.82, 2.24) is 4.90 Å². The number of anilines is 1. The minimum absolute atomic E-state index is 0.0849. The number of piperidine rings is 1. The van der Waals surface area contributed by atoms with E-state index in [0.29, 0.717) is 5.91 Å². The zero-order valence-electron chi connectivity index (χ0n) is 21.7. The molecule has 5 saturated carbocycles. The summed E-state index contributed by atoms with van der Waals surface area (Å²) in [6.07, 6.45) is 17.6. The smallest absolute Gasteiger partial charge is 0.240 e. The molecule has 35 heavy (non-hydrogen) atoms. The van der Waals surface area contributed by atoms with Crippen LogP contribution < -0.4 is 4.90 Å². The minimum Gasteiger partial charge on any atom is -0.293 e. The molecule has 2 saturated heterocycles. The molecular formula is C31H43N3O. The highest BCUT2D eigenvalue weighted by molar-refractivity contribution is 6.27. The average Bonchev–Trinajstić information content (AvgIpc) is 3.06. The third kappa shape index (κ3) is 3.64. The Morgan fingerprint density at radius 1 is 0.800 bits per heavy atom. The van der Waals surface area contributed by atoms with Crippen LogP contribution in [0.4, 0.5) is 5.69 Å². The quantitative estimate of drug-likeness (QED) is 0.501. The van der Waals surface area contributed by atoms with Crippen molar-refractivity contribution in [1.29, 1.82) is 0 Å². The highest BCUT2D eigenvalue weighted by Crippen LogP contribution is 2.58. The van der Waals surface area contributed by atoms with E-state index in [1.54, 1.807) is 0 Å². The molecule has 0 radical (unpaired) electrons. The van der Waals surface area contributed by atoms with E-state index in [2.05, 4.69) is 41.0 Å². The van der Waals surface area contributed by atoms with Crippen molar-refractivity contribution in [3.63, 3.8) is 0 Å². The van der Waals surface area contributed by atoms with E-state index < -0.39 is 0 Å². The number of amides is 1. The largest absolute Gasteiger partial charge is 0.293 e. The minimum atomic E-state index is -0.276. The van der Waals surface area contributed by atoms with E-state index in [9.17, 15) is 4.79 Å². The molecule has 5 aliphatic carbocycles. The Morgan fingerprint density at radius 3 is 1.97 bits per heavy atom. The van der Waals surface area contributed by atoms with Gasteiger partial charge in [-0.1, -0.05) is 43.4 Å². The molecule has 1 amide bonds. The molecule has 7 aliphatic rings. The first-order valence-corrected chi connectivity index (χ1v) is 14.8. The zero-order chi connectivity index (χ0) is 23.6. The zero-order valence-corrected chi connectivity index (χ0v) is 21.7. The topological polar surface area (TPSA) is 35.9 Å². The van der Waals surface area contributed by atoms with E-state index in [4.69, 9.17) is 4.99 Å². The predicted molar refractivity (Wildman–Crippen MR) is 142 cm³/mol. The fraction of sp³-hybridized carbons (Fsp3) is 0.742. The normalized spacial score (nSPS) is 39.7. The number of aliphatic imine (C=N–C) groups is 1. The summed E-state index contributed by atoms with van der Waals surface area (Å²) in [7, 11) is 0. The second kappa shape index (κ2) is 8.43. The summed E-state index contributed by atoms with van der Waals surface area (Å²) in [5.74, 6) is 4.11. The number of amidine groups is 1. The number of hydrogen-bond donors (Lipinski definition) is 0. The maximum Gasteiger partial charge on any atom is 0.240 e. The van der Waals surface area contributed by atoms with Crippen molar-refractivity contribution in [3.05, 3.63) is 29.8 Å². The summed E-state index contributed by atoms with van der Waals surface area (Å²) in [5.41, 5.74) is 2.11. The molecule has 7 fully saturated rings. The molecule has 2 heterocycles. The van der Waals surface area contributed by atoms with Gasteiger partial charge < -0.3 is 0 Å². The highest BCUT2D eigenvalue weighted by Gasteiger charge is 2.61. The fourth-order valence-corrected chi connectivity index (χ4v) is 9.67. The molecule has 2 aliphatic heterocycles. The maximum atomic E-state index is 14.6. The number of nitrogens with zero attached hydrogens (tertiary/aromatic N) is 3. The molecule has 1 spiro atoms. The second-order valence-corrected chi connectivity index (χ2v) is 13.3. The van der Waals surface area contributed by atoms with Crippen molar-refractivity contribution in [2.24, 2.45) is 28.2 Å². The number of rotatable bonds is 3. The Morgan fingerprint density at radius 2 is 1.37 bits per heavy atom. The lowest BCUT2D eigenvalue weighted by molar-refractivity contribution is -0.130. The lowest BCUT2D eigenvalue weighted by Crippen LogP contribution is -2.54. The van der Waals surface area contributed by atoms with E-state index in [1.807, 2.05) is 0 Å². The second-order valence-electron chi connectivity index (χ2n) is 13.3. The number of carbonyl (C=O) groups excluding carboxylic acids is 1. The van der Waals surface area contributed by atoms with Gasteiger partial charge in [0.1, 0.15) is 5.84 Å². The molecule has 188 valence electrons. The van der Waals surface area contributed by atoms with Gasteiger partial charge in [0.2, 0.25) is 5.91 Å². The Labute approximate surface area is 211 Å². The molecule has 0 N–H and O–H groups in total. The fourth-order valence-electron chi connectivity index (χ4n) is 9.67. The van der Waals surface area contributed by atoms with Gasteiger partial charge in [0, 0.05) is 0 Å². The number of likely N-dealkylation sites (tertiary alicyclic amines) is 1. The van der Waals surface area contributed by atoms with Gasteiger partial charge in [0.15, 0.2) is 0 Å². The number of aryl methyl sites for hydroxylation is 1.